The fraction of sp³-hybridized carbons (Fsp3) is 0.417. The molecule has 0 aliphatic heterocycles. The predicted molar refractivity (Wildman–Crippen MR) is 71.7 cm³/mol. The van der Waals surface area contributed by atoms with E-state index in [0.29, 0.717) is 18.7 Å². The zero-order valence-electron chi connectivity index (χ0n) is 10.6. The van der Waals surface area contributed by atoms with Gasteiger partial charge in [0.15, 0.2) is 0 Å². The maximum atomic E-state index is 11.3. The molecule has 1 rings (SSSR count). The van der Waals surface area contributed by atoms with Crippen LogP contribution in [0.5, 0.6) is 0 Å². The maximum Gasteiger partial charge on any atom is 0.229 e. The molecule has 0 bridgehead atoms. The molecule has 1 aromatic rings. The first-order valence-electron chi connectivity index (χ1n) is 5.74. The van der Waals surface area contributed by atoms with E-state index in [4.69, 9.17) is 0 Å². The van der Waals surface area contributed by atoms with E-state index in [1.807, 2.05) is 13.0 Å². The zero-order chi connectivity index (χ0) is 13.6. The molecule has 0 spiro atoms. The Hall–Kier alpha value is -1.56. The number of amides is 1. The summed E-state index contributed by atoms with van der Waals surface area (Å²) < 4.78 is 24.6. The van der Waals surface area contributed by atoms with Crippen molar-refractivity contribution in [3.63, 3.8) is 0 Å². The van der Waals surface area contributed by atoms with Gasteiger partial charge < -0.3 is 5.32 Å². The number of sulfonamides is 1. The van der Waals surface area contributed by atoms with Gasteiger partial charge in [0.05, 0.1) is 6.26 Å². The third-order valence-electron chi connectivity index (χ3n) is 2.20. The van der Waals surface area contributed by atoms with Crippen molar-refractivity contribution >= 4 is 21.6 Å². The molecule has 0 saturated carbocycles. The lowest BCUT2D eigenvalue weighted by molar-refractivity contribution is -0.121. The average Bonchev–Trinajstić information content (AvgIpc) is 2.25. The topological polar surface area (TPSA) is 75.3 Å². The molecule has 0 fully saturated rings. The number of benzene rings is 1. The van der Waals surface area contributed by atoms with Crippen molar-refractivity contribution in [3.8, 4) is 0 Å². The van der Waals surface area contributed by atoms with Gasteiger partial charge in [0.2, 0.25) is 15.9 Å². The molecule has 2 N–H and O–H groups in total. The molecule has 100 valence electrons. The molecule has 0 saturated heterocycles. The van der Waals surface area contributed by atoms with Crippen LogP contribution in [0.25, 0.3) is 0 Å². The van der Waals surface area contributed by atoms with E-state index in [1.54, 1.807) is 18.2 Å². The minimum absolute atomic E-state index is 0.000949. The quantitative estimate of drug-likeness (QED) is 0.822. The molecule has 1 aromatic carbocycles. The van der Waals surface area contributed by atoms with Gasteiger partial charge >= 0.3 is 0 Å². The summed E-state index contributed by atoms with van der Waals surface area (Å²) in [6, 6.07) is 6.94. The van der Waals surface area contributed by atoms with E-state index >= 15 is 0 Å². The first-order chi connectivity index (χ1) is 8.40. The second-order valence-electron chi connectivity index (χ2n) is 4.10. The maximum absolute atomic E-state index is 11.3. The summed E-state index contributed by atoms with van der Waals surface area (Å²) in [7, 11) is -3.27. The summed E-state index contributed by atoms with van der Waals surface area (Å²) >= 11 is 0. The molecule has 0 aromatic heterocycles. The Bertz CT molecular complexity index is 512. The van der Waals surface area contributed by atoms with Crippen LogP contribution in [0.15, 0.2) is 24.3 Å². The normalized spacial score (nSPS) is 11.0. The number of anilines is 1. The van der Waals surface area contributed by atoms with Gasteiger partial charge in [-0.05, 0) is 24.1 Å². The standard InChI is InChI=1S/C12H18N2O3S/c1-3-5-12(15)13-9-10-6-4-7-11(8-10)14-18(2,16)17/h4,6-8,14H,3,5,9H2,1-2H3,(H,13,15). The van der Waals surface area contributed by atoms with Gasteiger partial charge in [-0.15, -0.1) is 0 Å². The number of hydrogen-bond acceptors (Lipinski definition) is 3. The van der Waals surface area contributed by atoms with Gasteiger partial charge in [-0.25, -0.2) is 8.42 Å². The van der Waals surface area contributed by atoms with Crippen LogP contribution >= 0.6 is 0 Å². The lowest BCUT2D eigenvalue weighted by Crippen LogP contribution is -2.22. The van der Waals surface area contributed by atoms with Crippen LogP contribution in [0.2, 0.25) is 0 Å². The van der Waals surface area contributed by atoms with Gasteiger partial charge in [-0.1, -0.05) is 19.1 Å². The fourth-order valence-corrected chi connectivity index (χ4v) is 2.03. The van der Waals surface area contributed by atoms with E-state index < -0.39 is 10.0 Å². The Balaban J connectivity index is 2.62. The second kappa shape index (κ2) is 6.39. The highest BCUT2D eigenvalue weighted by atomic mass is 32.2. The summed E-state index contributed by atoms with van der Waals surface area (Å²) in [5.74, 6) is -0.000949. The Morgan fingerprint density at radius 2 is 2.06 bits per heavy atom. The SMILES string of the molecule is CCCC(=O)NCc1cccc(NS(C)(=O)=O)c1. The number of hydrogen-bond donors (Lipinski definition) is 2. The van der Waals surface area contributed by atoms with E-state index in [1.165, 1.54) is 0 Å². The minimum atomic E-state index is -3.27. The molecule has 1 amide bonds. The van der Waals surface area contributed by atoms with E-state index in [-0.39, 0.29) is 5.91 Å². The van der Waals surface area contributed by atoms with Crippen molar-refractivity contribution in [3.05, 3.63) is 29.8 Å². The molecule has 0 radical (unpaired) electrons. The van der Waals surface area contributed by atoms with E-state index in [9.17, 15) is 13.2 Å². The van der Waals surface area contributed by atoms with Gasteiger partial charge in [-0.2, -0.15) is 0 Å². The summed E-state index contributed by atoms with van der Waals surface area (Å²) in [4.78, 5) is 11.3. The summed E-state index contributed by atoms with van der Waals surface area (Å²) in [6.45, 7) is 2.34. The Morgan fingerprint density at radius 3 is 2.67 bits per heavy atom. The highest BCUT2D eigenvalue weighted by molar-refractivity contribution is 7.92. The van der Waals surface area contributed by atoms with Crippen LogP contribution < -0.4 is 10.0 Å². The minimum Gasteiger partial charge on any atom is -0.352 e. The molecular formula is C12H18N2O3S. The smallest absolute Gasteiger partial charge is 0.229 e. The summed E-state index contributed by atoms with van der Waals surface area (Å²) in [5, 5.41) is 2.77. The molecule has 18 heavy (non-hydrogen) atoms. The summed E-state index contributed by atoms with van der Waals surface area (Å²) in [6.07, 6.45) is 2.41. The number of nitrogens with one attached hydrogen (secondary N) is 2. The van der Waals surface area contributed by atoms with E-state index in [2.05, 4.69) is 10.0 Å². The van der Waals surface area contributed by atoms with Crippen LogP contribution in [0, 0.1) is 0 Å². The molecule has 0 heterocycles. The van der Waals surface area contributed by atoms with Gasteiger partial charge in [0, 0.05) is 18.7 Å². The van der Waals surface area contributed by atoms with Gasteiger partial charge in [0.25, 0.3) is 0 Å². The first kappa shape index (κ1) is 14.5. The third kappa shape index (κ3) is 5.67. The van der Waals surface area contributed by atoms with Crippen LogP contribution in [-0.2, 0) is 21.4 Å². The zero-order valence-corrected chi connectivity index (χ0v) is 11.4. The highest BCUT2D eigenvalue weighted by Gasteiger charge is 2.03. The van der Waals surface area contributed by atoms with Crippen molar-refractivity contribution in [2.45, 2.75) is 26.3 Å². The highest BCUT2D eigenvalue weighted by Crippen LogP contribution is 2.11. The monoisotopic (exact) mass is 270 g/mol. The molecule has 5 nitrogen and oxygen atoms in total. The lowest BCUT2D eigenvalue weighted by atomic mass is 10.2. The average molecular weight is 270 g/mol. The largest absolute Gasteiger partial charge is 0.352 e. The molecule has 0 unspecified atom stereocenters. The Labute approximate surface area is 108 Å². The van der Waals surface area contributed by atoms with Crippen LogP contribution in [-0.4, -0.2) is 20.6 Å². The summed E-state index contributed by atoms with van der Waals surface area (Å²) in [5.41, 5.74) is 1.35. The second-order valence-corrected chi connectivity index (χ2v) is 5.85. The number of rotatable bonds is 6. The third-order valence-corrected chi connectivity index (χ3v) is 2.80. The van der Waals surface area contributed by atoms with E-state index in [0.717, 1.165) is 18.2 Å². The van der Waals surface area contributed by atoms with Gasteiger partial charge in [0.1, 0.15) is 0 Å². The van der Waals surface area contributed by atoms with Crippen molar-refractivity contribution in [2.75, 3.05) is 11.0 Å². The molecule has 0 aliphatic rings. The molecule has 0 aliphatic carbocycles. The number of carbonyl (C=O) groups excluding carboxylic acids is 1. The molecule has 0 atom stereocenters. The van der Waals surface area contributed by atoms with Crippen LogP contribution in [0.4, 0.5) is 5.69 Å². The van der Waals surface area contributed by atoms with Crippen LogP contribution in [0.1, 0.15) is 25.3 Å². The van der Waals surface area contributed by atoms with Crippen molar-refractivity contribution < 1.29 is 13.2 Å². The van der Waals surface area contributed by atoms with Crippen LogP contribution in [0.3, 0.4) is 0 Å². The van der Waals surface area contributed by atoms with Crippen molar-refractivity contribution in [1.29, 1.82) is 0 Å². The molecular weight excluding hydrogens is 252 g/mol. The van der Waals surface area contributed by atoms with Gasteiger partial charge in [-0.3, -0.25) is 9.52 Å². The Morgan fingerprint density at radius 1 is 1.33 bits per heavy atom. The lowest BCUT2D eigenvalue weighted by Gasteiger charge is -2.07. The fourth-order valence-electron chi connectivity index (χ4n) is 1.47. The van der Waals surface area contributed by atoms with Crippen molar-refractivity contribution in [1.82, 2.24) is 5.32 Å². The molecule has 6 heteroatoms. The first-order valence-corrected chi connectivity index (χ1v) is 7.63. The van der Waals surface area contributed by atoms with Crippen molar-refractivity contribution in [2.24, 2.45) is 0 Å². The Kier molecular flexibility index (Phi) is 5.15. The predicted octanol–water partition coefficient (Wildman–Crippen LogP) is 1.47. The number of carbonyl (C=O) groups is 1.